The molecule has 0 bridgehead atoms. The number of aliphatic hydroxyl groups is 3. The topological polar surface area (TPSA) is 168 Å². The number of amides is 1. The van der Waals surface area contributed by atoms with Gasteiger partial charge in [-0.2, -0.15) is 0 Å². The Morgan fingerprint density at radius 1 is 1.13 bits per heavy atom. The molecule has 3 aliphatic carbocycles. The van der Waals surface area contributed by atoms with E-state index < -0.39 is 58.0 Å². The smallest absolute Gasteiger partial charge is 0.255 e. The number of anilines is 1. The Hall–Kier alpha value is -3.85. The zero-order valence-corrected chi connectivity index (χ0v) is 22.9. The molecule has 4 atom stereocenters. The highest BCUT2D eigenvalue weighted by Crippen LogP contribution is 2.54. The third-order valence-electron chi connectivity index (χ3n) is 7.80. The Morgan fingerprint density at radius 2 is 1.77 bits per heavy atom. The first-order chi connectivity index (χ1) is 18.1. The number of carbonyl (C=O) groups excluding carboxylic acids is 3. The van der Waals surface area contributed by atoms with Crippen molar-refractivity contribution in [3.8, 4) is 17.6 Å². The molecule has 1 fully saturated rings. The molecule has 11 heteroatoms. The maximum atomic E-state index is 14.0. The molecule has 208 valence electrons. The van der Waals surface area contributed by atoms with Gasteiger partial charge in [-0.05, 0) is 58.6 Å². The van der Waals surface area contributed by atoms with Gasteiger partial charge in [-0.3, -0.25) is 24.2 Å². The van der Waals surface area contributed by atoms with Crippen LogP contribution in [-0.4, -0.2) is 108 Å². The lowest BCUT2D eigenvalue weighted by atomic mass is 9.57. The average Bonchev–Trinajstić information content (AvgIpc) is 2.81. The van der Waals surface area contributed by atoms with Gasteiger partial charge in [0.25, 0.3) is 5.91 Å². The Kier molecular flexibility index (Phi) is 7.02. The van der Waals surface area contributed by atoms with Gasteiger partial charge in [0.2, 0.25) is 5.78 Å². The van der Waals surface area contributed by atoms with Crippen LogP contribution >= 0.6 is 0 Å². The fraction of sp³-hybridized carbons (Fsp3) is 0.464. The number of hydrogen-bond donors (Lipinski definition) is 5. The number of Topliss-reactive ketones (excluding diaryl/α,β-unsaturated/α-hetero) is 2. The number of rotatable bonds is 4. The van der Waals surface area contributed by atoms with E-state index in [1.54, 1.807) is 34.3 Å². The van der Waals surface area contributed by atoms with E-state index in [0.29, 0.717) is 17.8 Å². The van der Waals surface area contributed by atoms with Gasteiger partial charge in [-0.15, -0.1) is 0 Å². The molecular formula is C28H34N4O7. The summed E-state index contributed by atoms with van der Waals surface area (Å²) in [6.45, 7) is 0.426. The maximum absolute atomic E-state index is 14.0. The maximum Gasteiger partial charge on any atom is 0.255 e. The number of fused-ring (bicyclic) bond motifs is 3. The summed E-state index contributed by atoms with van der Waals surface area (Å²) >= 11 is 0. The summed E-state index contributed by atoms with van der Waals surface area (Å²) in [5, 5.41) is 45.4. The van der Waals surface area contributed by atoms with E-state index in [4.69, 9.17) is 5.73 Å². The number of phenolic OH excluding ortho intramolecular Hbond substituents is 1. The van der Waals surface area contributed by atoms with Crippen LogP contribution in [0.3, 0.4) is 0 Å². The summed E-state index contributed by atoms with van der Waals surface area (Å²) in [5.41, 5.74) is 3.19. The second-order valence-electron chi connectivity index (χ2n) is 11.0. The van der Waals surface area contributed by atoms with Crippen molar-refractivity contribution in [3.05, 3.63) is 39.7 Å². The van der Waals surface area contributed by atoms with Crippen LogP contribution in [-0.2, 0) is 20.8 Å². The van der Waals surface area contributed by atoms with E-state index in [2.05, 4.69) is 11.8 Å². The molecule has 6 N–H and O–H groups in total. The number of benzene rings is 1. The zero-order chi connectivity index (χ0) is 29.1. The molecule has 0 radical (unpaired) electrons. The number of hydrogen-bond acceptors (Lipinski definition) is 10. The fourth-order valence-electron chi connectivity index (χ4n) is 6.08. The molecule has 1 amide bonds. The van der Waals surface area contributed by atoms with Crippen LogP contribution < -0.4 is 10.6 Å². The largest absolute Gasteiger partial charge is 0.508 e. The van der Waals surface area contributed by atoms with Crippen molar-refractivity contribution in [2.45, 2.75) is 24.5 Å². The highest BCUT2D eigenvalue weighted by molar-refractivity contribution is 6.24. The summed E-state index contributed by atoms with van der Waals surface area (Å²) in [6, 6.07) is 0.592. The van der Waals surface area contributed by atoms with Crippen LogP contribution in [0.25, 0.3) is 5.76 Å². The Labute approximate surface area is 226 Å². The first-order valence-corrected chi connectivity index (χ1v) is 12.5. The lowest BCUT2D eigenvalue weighted by molar-refractivity contribution is -0.153. The molecule has 1 aromatic carbocycles. The van der Waals surface area contributed by atoms with E-state index in [1.807, 2.05) is 23.9 Å². The molecule has 4 rings (SSSR count). The van der Waals surface area contributed by atoms with E-state index in [9.17, 15) is 34.8 Å². The van der Waals surface area contributed by atoms with Gasteiger partial charge in [0.15, 0.2) is 11.4 Å². The van der Waals surface area contributed by atoms with E-state index in [0.717, 1.165) is 0 Å². The molecular weight excluding hydrogens is 504 g/mol. The first kappa shape index (κ1) is 28.2. The van der Waals surface area contributed by atoms with Crippen LogP contribution in [0.5, 0.6) is 5.75 Å². The van der Waals surface area contributed by atoms with Crippen LogP contribution in [0.15, 0.2) is 23.0 Å². The average molecular weight is 539 g/mol. The lowest BCUT2D eigenvalue weighted by Crippen LogP contribution is -2.65. The molecule has 1 saturated carbocycles. The van der Waals surface area contributed by atoms with Gasteiger partial charge >= 0.3 is 0 Å². The number of nitrogens with zero attached hydrogens (tertiary/aromatic N) is 3. The Bertz CT molecular complexity index is 1410. The second kappa shape index (κ2) is 9.72. The van der Waals surface area contributed by atoms with Crippen LogP contribution in [0.2, 0.25) is 0 Å². The predicted octanol–water partition coefficient (Wildman–Crippen LogP) is -0.0569. The van der Waals surface area contributed by atoms with E-state index >= 15 is 0 Å². The predicted molar refractivity (Wildman–Crippen MR) is 144 cm³/mol. The first-order valence-electron chi connectivity index (χ1n) is 12.5. The van der Waals surface area contributed by atoms with Crippen molar-refractivity contribution in [2.75, 3.05) is 53.7 Å². The highest BCUT2D eigenvalue weighted by Gasteiger charge is 2.64. The van der Waals surface area contributed by atoms with Gasteiger partial charge in [0, 0.05) is 31.3 Å². The minimum absolute atomic E-state index is 0.0200. The number of likely N-dealkylation sites (N-methyl/N-ethyl adjacent to an activating group) is 1. The number of aliphatic hydroxyl groups excluding tert-OH is 2. The molecule has 0 spiro atoms. The SMILES string of the molecule is CN(C)CC#Cc1cc(N(C)C)c2c(c1O)C(O)=C1C(=O)[C@]3(O)C(O)=C(C(N)=O)C(=O)C(N(C)C)[C@@H]3C[C@@H]1C2. The molecule has 39 heavy (non-hydrogen) atoms. The van der Waals surface area contributed by atoms with Crippen molar-refractivity contribution < 1.29 is 34.8 Å². The van der Waals surface area contributed by atoms with Gasteiger partial charge in [0.05, 0.1) is 23.7 Å². The van der Waals surface area contributed by atoms with E-state index in [-0.39, 0.29) is 35.3 Å². The molecule has 1 unspecified atom stereocenters. The Morgan fingerprint density at radius 3 is 2.31 bits per heavy atom. The number of phenols is 1. The normalized spacial score (nSPS) is 26.2. The highest BCUT2D eigenvalue weighted by atomic mass is 16.3. The van der Waals surface area contributed by atoms with Gasteiger partial charge in [-0.1, -0.05) is 11.8 Å². The minimum atomic E-state index is -2.67. The minimum Gasteiger partial charge on any atom is -0.508 e. The second-order valence-corrected chi connectivity index (χ2v) is 11.0. The summed E-state index contributed by atoms with van der Waals surface area (Å²) in [7, 11) is 10.4. The Balaban J connectivity index is 1.98. The molecule has 0 aromatic heterocycles. The molecule has 0 saturated heterocycles. The van der Waals surface area contributed by atoms with Crippen molar-refractivity contribution in [1.82, 2.24) is 9.80 Å². The summed E-state index contributed by atoms with van der Waals surface area (Å²) in [5.74, 6) is -0.954. The number of nitrogens with two attached hydrogens (primary N) is 1. The summed E-state index contributed by atoms with van der Waals surface area (Å²) in [6.07, 6.45) is 0.241. The quantitative estimate of drug-likeness (QED) is 0.259. The zero-order valence-electron chi connectivity index (χ0n) is 22.9. The number of primary amides is 1. The van der Waals surface area contributed by atoms with Crippen molar-refractivity contribution in [2.24, 2.45) is 17.6 Å². The third-order valence-corrected chi connectivity index (χ3v) is 7.80. The molecule has 1 aromatic rings. The van der Waals surface area contributed by atoms with E-state index in [1.165, 1.54) is 4.90 Å². The summed E-state index contributed by atoms with van der Waals surface area (Å²) < 4.78 is 0. The molecule has 0 aliphatic heterocycles. The fourth-order valence-corrected chi connectivity index (χ4v) is 6.08. The van der Waals surface area contributed by atoms with Gasteiger partial charge in [-0.25, -0.2) is 0 Å². The van der Waals surface area contributed by atoms with Crippen LogP contribution in [0.4, 0.5) is 5.69 Å². The van der Waals surface area contributed by atoms with Gasteiger partial charge < -0.3 is 31.1 Å². The van der Waals surface area contributed by atoms with Crippen molar-refractivity contribution in [3.63, 3.8) is 0 Å². The molecule has 11 nitrogen and oxygen atoms in total. The number of carbonyl (C=O) groups is 3. The lowest BCUT2D eigenvalue weighted by Gasteiger charge is -2.50. The monoisotopic (exact) mass is 538 g/mol. The van der Waals surface area contributed by atoms with Crippen molar-refractivity contribution in [1.29, 1.82) is 0 Å². The summed E-state index contributed by atoms with van der Waals surface area (Å²) in [4.78, 5) is 44.4. The van der Waals surface area contributed by atoms with Gasteiger partial charge in [0.1, 0.15) is 22.8 Å². The standard InChI is InChI=1S/C28H34N4O7/c1-30(2)9-7-8-13-12-17(31(3)4)15-10-14-11-16-21(32(5)6)24(35)20(27(29)38)26(37)28(16,39)25(36)18(14)23(34)19(15)22(13)33/h12,14,16,21,33-34,37,39H,9-11H2,1-6H3,(H2,29,38)/t14-,16-,21?,28-/m0/s1. The number of ketones is 2. The third kappa shape index (κ3) is 4.16. The molecule has 0 heterocycles. The van der Waals surface area contributed by atoms with Crippen molar-refractivity contribution >= 4 is 28.9 Å². The number of aromatic hydroxyl groups is 1. The molecule has 3 aliphatic rings. The van der Waals surface area contributed by atoms with Crippen LogP contribution in [0.1, 0.15) is 23.1 Å². The van der Waals surface area contributed by atoms with Crippen LogP contribution in [0, 0.1) is 23.7 Å².